The Morgan fingerprint density at radius 3 is 2.86 bits per heavy atom. The minimum absolute atomic E-state index is 0. The van der Waals surface area contributed by atoms with Crippen LogP contribution in [0.2, 0.25) is 0 Å². The molecule has 0 spiro atoms. The van der Waals surface area contributed by atoms with E-state index in [-0.39, 0.29) is 29.6 Å². The van der Waals surface area contributed by atoms with Crippen molar-refractivity contribution in [2.45, 2.75) is 17.9 Å². The van der Waals surface area contributed by atoms with E-state index in [1.807, 2.05) is 18.2 Å². The molecule has 5 heteroatoms. The first-order valence-electron chi connectivity index (χ1n) is 3.92. The van der Waals surface area contributed by atoms with Crippen LogP contribution in [0.3, 0.4) is 0 Å². The first-order chi connectivity index (χ1) is 6.20. The molecule has 0 N–H and O–H groups in total. The molecule has 0 radical (unpaired) electrons. The minimum Gasteiger partial charge on any atom is -0.549 e. The molecule has 0 aliphatic rings. The second kappa shape index (κ2) is 7.29. The van der Waals surface area contributed by atoms with Gasteiger partial charge in [0.1, 0.15) is 0 Å². The number of thioether (sulfide) groups is 1. The molecule has 1 unspecified atom stereocenters. The normalized spacial score (nSPS) is 11.5. The zero-order chi connectivity index (χ0) is 9.68. The summed E-state index contributed by atoms with van der Waals surface area (Å²) in [4.78, 5) is 14.4. The fraction of sp³-hybridized carbons (Fsp3) is 0.333. The second-order valence-corrected chi connectivity index (χ2v) is 3.92. The maximum absolute atomic E-state index is 10.4. The van der Waals surface area contributed by atoms with Gasteiger partial charge < -0.3 is 9.90 Å². The number of pyridine rings is 1. The summed E-state index contributed by atoms with van der Waals surface area (Å²) >= 11 is 1.31. The number of nitrogens with zero attached hydrogens (tertiary/aromatic N) is 1. The van der Waals surface area contributed by atoms with Gasteiger partial charge in [-0.05, 0) is 19.1 Å². The molecule has 1 heterocycles. The molecule has 3 nitrogen and oxygen atoms in total. The predicted molar refractivity (Wildman–Crippen MR) is 50.0 cm³/mol. The van der Waals surface area contributed by atoms with E-state index in [2.05, 4.69) is 4.98 Å². The van der Waals surface area contributed by atoms with Crippen LogP contribution in [0.5, 0.6) is 0 Å². The van der Waals surface area contributed by atoms with Gasteiger partial charge in [-0.15, -0.1) is 11.8 Å². The molecule has 0 saturated heterocycles. The number of carbonyl (C=O) groups is 1. The van der Waals surface area contributed by atoms with E-state index in [1.165, 1.54) is 11.8 Å². The average molecular weight is 219 g/mol. The van der Waals surface area contributed by atoms with Gasteiger partial charge in [0.15, 0.2) is 0 Å². The summed E-state index contributed by atoms with van der Waals surface area (Å²) < 4.78 is 0. The molecule has 1 atom stereocenters. The Hall–Kier alpha value is -0.0300. The number of carboxylic acid groups (broad SMARTS) is 1. The van der Waals surface area contributed by atoms with Crippen molar-refractivity contribution in [2.24, 2.45) is 0 Å². The van der Waals surface area contributed by atoms with E-state index in [1.54, 1.807) is 13.1 Å². The van der Waals surface area contributed by atoms with Gasteiger partial charge in [-0.3, -0.25) is 4.98 Å². The molecule has 0 amide bonds. The Morgan fingerprint density at radius 1 is 1.64 bits per heavy atom. The average Bonchev–Trinajstić information content (AvgIpc) is 2.15. The fourth-order valence-corrected chi connectivity index (χ4v) is 1.49. The number of carboxylic acids is 1. The Balaban J connectivity index is 0.00000169. The van der Waals surface area contributed by atoms with E-state index in [4.69, 9.17) is 0 Å². The zero-order valence-electron chi connectivity index (χ0n) is 8.27. The van der Waals surface area contributed by atoms with Crippen molar-refractivity contribution >= 4 is 17.7 Å². The van der Waals surface area contributed by atoms with Crippen LogP contribution in [-0.4, -0.2) is 16.2 Å². The molecular formula is C9H10NNaO2S. The molecule has 0 aliphatic heterocycles. The van der Waals surface area contributed by atoms with Crippen LogP contribution in [0, 0.1) is 0 Å². The van der Waals surface area contributed by atoms with Crippen molar-refractivity contribution in [3.05, 3.63) is 30.1 Å². The van der Waals surface area contributed by atoms with Gasteiger partial charge in [0.25, 0.3) is 0 Å². The van der Waals surface area contributed by atoms with Crippen LogP contribution >= 0.6 is 11.8 Å². The second-order valence-electron chi connectivity index (χ2n) is 2.59. The van der Waals surface area contributed by atoms with E-state index >= 15 is 0 Å². The van der Waals surface area contributed by atoms with Crippen LogP contribution in [0.4, 0.5) is 0 Å². The monoisotopic (exact) mass is 219 g/mol. The Morgan fingerprint density at radius 2 is 2.36 bits per heavy atom. The van der Waals surface area contributed by atoms with Crippen LogP contribution in [0.15, 0.2) is 24.4 Å². The molecule has 0 bridgehead atoms. The molecule has 0 aromatic carbocycles. The van der Waals surface area contributed by atoms with Crippen LogP contribution < -0.4 is 34.7 Å². The molecule has 70 valence electrons. The van der Waals surface area contributed by atoms with E-state index in [0.29, 0.717) is 5.75 Å². The van der Waals surface area contributed by atoms with Gasteiger partial charge in [0, 0.05) is 17.2 Å². The van der Waals surface area contributed by atoms with Gasteiger partial charge in [-0.2, -0.15) is 0 Å². The molecule has 1 aromatic heterocycles. The van der Waals surface area contributed by atoms with Crippen LogP contribution in [0.25, 0.3) is 0 Å². The summed E-state index contributed by atoms with van der Waals surface area (Å²) in [5.41, 5.74) is 0.889. The Bertz CT molecular complexity index is 281. The molecule has 0 aliphatic carbocycles. The fourth-order valence-electron chi connectivity index (χ4n) is 0.762. The zero-order valence-corrected chi connectivity index (χ0v) is 11.1. The third-order valence-corrected chi connectivity index (χ3v) is 2.69. The van der Waals surface area contributed by atoms with Gasteiger partial charge >= 0.3 is 29.6 Å². The van der Waals surface area contributed by atoms with Crippen molar-refractivity contribution in [3.63, 3.8) is 0 Å². The van der Waals surface area contributed by atoms with Gasteiger partial charge in [-0.1, -0.05) is 6.07 Å². The van der Waals surface area contributed by atoms with Gasteiger partial charge in [0.2, 0.25) is 0 Å². The third kappa shape index (κ3) is 5.00. The van der Waals surface area contributed by atoms with Crippen molar-refractivity contribution in [1.29, 1.82) is 0 Å². The van der Waals surface area contributed by atoms with Crippen LogP contribution in [0.1, 0.15) is 12.6 Å². The Kier molecular flexibility index (Phi) is 7.27. The summed E-state index contributed by atoms with van der Waals surface area (Å²) in [6.45, 7) is 1.61. The van der Waals surface area contributed by atoms with E-state index in [0.717, 1.165) is 5.69 Å². The van der Waals surface area contributed by atoms with E-state index < -0.39 is 11.2 Å². The molecular weight excluding hydrogens is 209 g/mol. The number of hydrogen-bond acceptors (Lipinski definition) is 4. The topological polar surface area (TPSA) is 53.0 Å². The van der Waals surface area contributed by atoms with Crippen molar-refractivity contribution < 1.29 is 39.5 Å². The maximum Gasteiger partial charge on any atom is 1.00 e. The van der Waals surface area contributed by atoms with Crippen LogP contribution in [-0.2, 0) is 10.5 Å². The maximum atomic E-state index is 10.4. The SMILES string of the molecule is CC(SCc1ccccn1)C(=O)[O-].[Na+]. The van der Waals surface area contributed by atoms with Gasteiger partial charge in [-0.25, -0.2) is 0 Å². The molecule has 1 aromatic rings. The van der Waals surface area contributed by atoms with Gasteiger partial charge in [0.05, 0.1) is 11.7 Å². The molecule has 1 rings (SSSR count). The first kappa shape index (κ1) is 14.0. The molecule has 0 saturated carbocycles. The van der Waals surface area contributed by atoms with Crippen molar-refractivity contribution in [2.75, 3.05) is 0 Å². The number of aromatic nitrogens is 1. The smallest absolute Gasteiger partial charge is 0.549 e. The van der Waals surface area contributed by atoms with Crippen molar-refractivity contribution in [1.82, 2.24) is 4.98 Å². The standard InChI is InChI=1S/C9H11NO2S.Na/c1-7(9(11)12)13-6-8-4-2-3-5-10-8;/h2-5,7H,6H2,1H3,(H,11,12);/q;+1/p-1. The summed E-state index contributed by atoms with van der Waals surface area (Å²) in [7, 11) is 0. The summed E-state index contributed by atoms with van der Waals surface area (Å²) in [5.74, 6) is -0.420. The number of aliphatic carboxylic acids is 1. The third-order valence-electron chi connectivity index (χ3n) is 1.54. The number of hydrogen-bond donors (Lipinski definition) is 0. The Labute approximate surface area is 110 Å². The quantitative estimate of drug-likeness (QED) is 0.523. The predicted octanol–water partition coefficient (Wildman–Crippen LogP) is -2.54. The first-order valence-corrected chi connectivity index (χ1v) is 4.97. The molecule has 0 fully saturated rings. The largest absolute Gasteiger partial charge is 1.00 e. The summed E-state index contributed by atoms with van der Waals surface area (Å²) in [6.07, 6.45) is 1.69. The number of carbonyl (C=O) groups excluding carboxylic acids is 1. The minimum atomic E-state index is -1.03. The summed E-state index contributed by atoms with van der Waals surface area (Å²) in [6, 6.07) is 5.58. The van der Waals surface area contributed by atoms with E-state index in [9.17, 15) is 9.90 Å². The number of rotatable bonds is 4. The summed E-state index contributed by atoms with van der Waals surface area (Å²) in [5, 5.41) is 9.88. The molecule has 14 heavy (non-hydrogen) atoms. The van der Waals surface area contributed by atoms with Crippen molar-refractivity contribution in [3.8, 4) is 0 Å².